The van der Waals surface area contributed by atoms with Gasteiger partial charge in [-0.1, -0.05) is 24.3 Å². The summed E-state index contributed by atoms with van der Waals surface area (Å²) < 4.78 is 25.7. The lowest BCUT2D eigenvalue weighted by Gasteiger charge is -2.33. The molecule has 2 heterocycles. The van der Waals surface area contributed by atoms with Gasteiger partial charge in [-0.05, 0) is 86.7 Å². The van der Waals surface area contributed by atoms with Gasteiger partial charge in [0, 0.05) is 28.3 Å². The molecule has 5 nitrogen and oxygen atoms in total. The van der Waals surface area contributed by atoms with Gasteiger partial charge in [0.05, 0.1) is 11.0 Å². The summed E-state index contributed by atoms with van der Waals surface area (Å²) in [5, 5.41) is 5.27. The van der Waals surface area contributed by atoms with Gasteiger partial charge in [0.1, 0.15) is 23.9 Å². The number of benzene rings is 3. The maximum absolute atomic E-state index is 14.0. The van der Waals surface area contributed by atoms with Crippen molar-refractivity contribution in [2.75, 3.05) is 5.32 Å². The molecule has 7 heteroatoms. The number of hydrogen-bond acceptors (Lipinski definition) is 6. The van der Waals surface area contributed by atoms with Crippen molar-refractivity contribution in [2.24, 2.45) is 0 Å². The van der Waals surface area contributed by atoms with Gasteiger partial charge in [0.15, 0.2) is 5.69 Å². The smallest absolute Gasteiger partial charge is 0.363 e. The second-order valence-electron chi connectivity index (χ2n) is 10.1. The largest absolute Gasteiger partial charge is 0.488 e. The van der Waals surface area contributed by atoms with Crippen LogP contribution in [0.15, 0.2) is 65.5 Å². The first-order valence-corrected chi connectivity index (χ1v) is 13.3. The maximum atomic E-state index is 14.0. The molecule has 0 unspecified atom stereocenters. The molecule has 1 aliphatic heterocycles. The Bertz CT molecular complexity index is 1560. The Balaban J connectivity index is 1.55. The lowest BCUT2D eigenvalue weighted by Crippen LogP contribution is -2.32. The number of esters is 1. The molecule has 1 aromatic heterocycles. The number of aromatic nitrogens is 1. The van der Waals surface area contributed by atoms with E-state index in [2.05, 4.69) is 49.3 Å². The van der Waals surface area contributed by atoms with Gasteiger partial charge < -0.3 is 14.8 Å². The molecule has 0 bridgehead atoms. The molecule has 194 valence electrons. The average Bonchev–Trinajstić information content (AvgIpc) is 3.39. The zero-order valence-electron chi connectivity index (χ0n) is 22.0. The lowest BCUT2D eigenvalue weighted by atomic mass is 9.84. The molecule has 0 spiro atoms. The minimum absolute atomic E-state index is 0.186. The van der Waals surface area contributed by atoms with E-state index in [4.69, 9.17) is 9.47 Å². The number of rotatable bonds is 6. The number of aryl methyl sites for hydroxylation is 2. The number of fused-ring (bicyclic) bond motifs is 1. The number of nitrogens with one attached hydrogen (secondary N) is 1. The van der Waals surface area contributed by atoms with E-state index in [0.29, 0.717) is 11.5 Å². The minimum atomic E-state index is -0.485. The van der Waals surface area contributed by atoms with Gasteiger partial charge in [-0.2, -0.15) is 0 Å². The van der Waals surface area contributed by atoms with E-state index < -0.39 is 5.97 Å². The van der Waals surface area contributed by atoms with Crippen molar-refractivity contribution in [2.45, 2.75) is 46.8 Å². The van der Waals surface area contributed by atoms with Gasteiger partial charge in [-0.25, -0.2) is 14.2 Å². The van der Waals surface area contributed by atoms with E-state index in [1.165, 1.54) is 23.5 Å². The van der Waals surface area contributed by atoms with Gasteiger partial charge in [0.25, 0.3) is 0 Å². The average molecular weight is 529 g/mol. The fourth-order valence-electron chi connectivity index (χ4n) is 4.96. The molecule has 0 amide bonds. The summed E-state index contributed by atoms with van der Waals surface area (Å²) in [6.45, 7) is 10.5. The van der Waals surface area contributed by atoms with Crippen LogP contribution < -0.4 is 14.8 Å². The molecule has 5 rings (SSSR count). The Morgan fingerprint density at radius 1 is 1.03 bits per heavy atom. The zero-order valence-corrected chi connectivity index (χ0v) is 22.8. The summed E-state index contributed by atoms with van der Waals surface area (Å²) >= 11 is 1.34. The van der Waals surface area contributed by atoms with E-state index in [9.17, 15) is 9.18 Å². The lowest BCUT2D eigenvalue weighted by molar-refractivity contribution is 0.0729. The van der Waals surface area contributed by atoms with Crippen molar-refractivity contribution in [3.05, 3.63) is 99.3 Å². The predicted octanol–water partition coefficient (Wildman–Crippen LogP) is 7.97. The van der Waals surface area contributed by atoms with E-state index >= 15 is 0 Å². The first-order valence-electron chi connectivity index (χ1n) is 12.4. The molecule has 3 aromatic carbocycles. The van der Waals surface area contributed by atoms with Crippen molar-refractivity contribution in [1.82, 2.24) is 4.98 Å². The molecule has 0 saturated carbocycles. The van der Waals surface area contributed by atoms with Crippen molar-refractivity contribution in [3.63, 3.8) is 0 Å². The number of nitrogens with zero attached hydrogens (tertiary/aromatic N) is 1. The number of halogens is 1. The maximum Gasteiger partial charge on any atom is 0.363 e. The topological polar surface area (TPSA) is 60.5 Å². The molecule has 1 N–H and O–H groups in total. The summed E-state index contributed by atoms with van der Waals surface area (Å²) in [4.78, 5) is 16.4. The first kappa shape index (κ1) is 25.7. The van der Waals surface area contributed by atoms with Gasteiger partial charge in [0.2, 0.25) is 0 Å². The quantitative estimate of drug-likeness (QED) is 0.203. The second kappa shape index (κ2) is 10.1. The summed E-state index contributed by atoms with van der Waals surface area (Å²) in [5.41, 5.74) is 9.76. The highest BCUT2D eigenvalue weighted by Gasteiger charge is 2.27. The fraction of sp³-hybridized carbons (Fsp3) is 0.226. The van der Waals surface area contributed by atoms with Crippen LogP contribution in [0.3, 0.4) is 0 Å². The molecule has 0 saturated heterocycles. The van der Waals surface area contributed by atoms with Crippen LogP contribution in [0.5, 0.6) is 11.5 Å². The standard InChI is InChI=1S/C31H29FN2O3S/c1-18-6-7-21(32)13-28(18)36-15-25-24(10-11-26-29(25)20(3)14-31(4,5)34-26)23-9-8-22(12-19(23)2)37-30(35)27-16-38-17-33-27/h6-14,16-17,34H,15H2,1-5H3. The van der Waals surface area contributed by atoms with Crippen LogP contribution in [0.1, 0.15) is 53.5 Å². The van der Waals surface area contributed by atoms with Crippen LogP contribution in [-0.4, -0.2) is 16.5 Å². The molecule has 4 aromatic rings. The van der Waals surface area contributed by atoms with Gasteiger partial charge >= 0.3 is 5.97 Å². The molecule has 0 atom stereocenters. The highest BCUT2D eigenvalue weighted by Crippen LogP contribution is 2.42. The number of ether oxygens (including phenoxy) is 2. The van der Waals surface area contributed by atoms with Crippen molar-refractivity contribution in [3.8, 4) is 22.6 Å². The second-order valence-corrected chi connectivity index (χ2v) is 10.8. The van der Waals surface area contributed by atoms with Crippen LogP contribution in [0.2, 0.25) is 0 Å². The van der Waals surface area contributed by atoms with Crippen LogP contribution in [0, 0.1) is 19.7 Å². The Morgan fingerprint density at radius 2 is 1.82 bits per heavy atom. The third-order valence-electron chi connectivity index (χ3n) is 6.60. The van der Waals surface area contributed by atoms with Crippen molar-refractivity contribution >= 4 is 28.6 Å². The molecule has 0 fully saturated rings. The monoisotopic (exact) mass is 528 g/mol. The van der Waals surface area contributed by atoms with Crippen molar-refractivity contribution < 1.29 is 18.7 Å². The highest BCUT2D eigenvalue weighted by molar-refractivity contribution is 7.07. The van der Waals surface area contributed by atoms with Gasteiger partial charge in [-0.15, -0.1) is 11.3 Å². The molecular weight excluding hydrogens is 499 g/mol. The van der Waals surface area contributed by atoms with Gasteiger partial charge in [-0.3, -0.25) is 0 Å². The molecule has 38 heavy (non-hydrogen) atoms. The number of carbonyl (C=O) groups is 1. The summed E-state index contributed by atoms with van der Waals surface area (Å²) in [7, 11) is 0. The van der Waals surface area contributed by atoms with E-state index in [-0.39, 0.29) is 23.7 Å². The van der Waals surface area contributed by atoms with E-state index in [1.807, 2.05) is 26.0 Å². The van der Waals surface area contributed by atoms with E-state index in [0.717, 1.165) is 44.6 Å². The zero-order chi connectivity index (χ0) is 27.0. The summed E-state index contributed by atoms with van der Waals surface area (Å²) in [6.07, 6.45) is 2.21. The number of hydrogen-bond donors (Lipinski definition) is 1. The Labute approximate surface area is 226 Å². The van der Waals surface area contributed by atoms with Crippen LogP contribution >= 0.6 is 11.3 Å². The van der Waals surface area contributed by atoms with Crippen molar-refractivity contribution in [1.29, 1.82) is 0 Å². The third kappa shape index (κ3) is 5.20. The molecule has 0 radical (unpaired) electrons. The normalized spacial score (nSPS) is 13.8. The number of anilines is 1. The minimum Gasteiger partial charge on any atom is -0.488 e. The number of thiazole rings is 1. The Hall–Kier alpha value is -3.97. The van der Waals surface area contributed by atoms with Crippen LogP contribution in [-0.2, 0) is 6.61 Å². The molecular formula is C31H29FN2O3S. The third-order valence-corrected chi connectivity index (χ3v) is 7.19. The first-order chi connectivity index (χ1) is 18.1. The highest BCUT2D eigenvalue weighted by atomic mass is 32.1. The van der Waals surface area contributed by atoms with Crippen LogP contribution in [0.4, 0.5) is 10.1 Å². The fourth-order valence-corrected chi connectivity index (χ4v) is 5.48. The molecule has 0 aliphatic carbocycles. The Morgan fingerprint density at radius 3 is 2.55 bits per heavy atom. The number of allylic oxidation sites excluding steroid dienone is 1. The summed E-state index contributed by atoms with van der Waals surface area (Å²) in [6, 6.07) is 14.3. The van der Waals surface area contributed by atoms with E-state index in [1.54, 1.807) is 23.0 Å². The molecule has 1 aliphatic rings. The summed E-state index contributed by atoms with van der Waals surface area (Å²) in [5.74, 6) is 0.149. The Kier molecular flexibility index (Phi) is 6.80. The number of carbonyl (C=O) groups excluding carboxylic acids is 1. The SMILES string of the molecule is CC1=CC(C)(C)Nc2ccc(-c3ccc(OC(=O)c4cscn4)cc3C)c(COc3cc(F)ccc3C)c21. The predicted molar refractivity (Wildman–Crippen MR) is 151 cm³/mol. The van der Waals surface area contributed by atoms with Crippen LogP contribution in [0.25, 0.3) is 16.7 Å².